The van der Waals surface area contributed by atoms with Crippen LogP contribution in [0, 0.1) is 18.2 Å². The van der Waals surface area contributed by atoms with Crippen LogP contribution < -0.4 is 0 Å². The number of fused-ring (bicyclic) bond motifs is 4. The van der Waals surface area contributed by atoms with Gasteiger partial charge in [0.2, 0.25) is 0 Å². The lowest BCUT2D eigenvalue weighted by Gasteiger charge is -2.47. The Balaban J connectivity index is 1.53. The van der Waals surface area contributed by atoms with Gasteiger partial charge in [-0.3, -0.25) is 0 Å². The van der Waals surface area contributed by atoms with Crippen molar-refractivity contribution in [1.29, 1.82) is 0 Å². The second-order valence-electron chi connectivity index (χ2n) is 7.04. The van der Waals surface area contributed by atoms with Gasteiger partial charge in [-0.25, -0.2) is 9.18 Å². The van der Waals surface area contributed by atoms with Crippen LogP contribution in [0.1, 0.15) is 35.2 Å². The number of H-pyrrole nitrogens is 1. The average Bonchev–Trinajstić information content (AvgIpc) is 2.98. The number of aromatic nitrogens is 1. The van der Waals surface area contributed by atoms with Gasteiger partial charge in [0, 0.05) is 22.5 Å². The monoisotopic (exact) mass is 316 g/mol. The minimum absolute atomic E-state index is 0.131. The summed E-state index contributed by atoms with van der Waals surface area (Å²) in [7, 11) is 0. The normalized spacial score (nSPS) is 26.6. The maximum Gasteiger partial charge on any atom is 0.340 e. The molecule has 0 aliphatic carbocycles. The van der Waals surface area contributed by atoms with Crippen molar-refractivity contribution in [2.45, 2.75) is 26.2 Å². The lowest BCUT2D eigenvalue weighted by atomic mass is 9.73. The Bertz CT molecular complexity index is 746. The highest BCUT2D eigenvalue weighted by atomic mass is 19.1. The minimum atomic E-state index is -0.429. The van der Waals surface area contributed by atoms with E-state index in [0.29, 0.717) is 23.1 Å². The summed E-state index contributed by atoms with van der Waals surface area (Å²) in [5.41, 5.74) is 1.89. The van der Waals surface area contributed by atoms with Crippen LogP contribution in [-0.4, -0.2) is 42.1 Å². The minimum Gasteiger partial charge on any atom is -0.461 e. The number of piperidine rings is 3. The third kappa shape index (κ3) is 2.53. The second kappa shape index (κ2) is 5.34. The predicted octanol–water partition coefficient (Wildman–Crippen LogP) is 3.26. The van der Waals surface area contributed by atoms with E-state index in [4.69, 9.17) is 4.74 Å². The largest absolute Gasteiger partial charge is 0.461 e. The number of ether oxygens (including phenoxy) is 1. The van der Waals surface area contributed by atoms with E-state index in [2.05, 4.69) is 9.88 Å². The maximum absolute atomic E-state index is 14.2. The van der Waals surface area contributed by atoms with Crippen molar-refractivity contribution in [2.75, 3.05) is 26.2 Å². The fourth-order valence-corrected chi connectivity index (χ4v) is 3.92. The van der Waals surface area contributed by atoms with Gasteiger partial charge in [0.15, 0.2) is 0 Å². The molecule has 0 spiro atoms. The number of rotatable bonds is 3. The highest BCUT2D eigenvalue weighted by Crippen LogP contribution is 2.40. The second-order valence-corrected chi connectivity index (χ2v) is 7.04. The van der Waals surface area contributed by atoms with Crippen LogP contribution >= 0.6 is 0 Å². The quantitative estimate of drug-likeness (QED) is 0.884. The molecule has 3 aliphatic rings. The zero-order chi connectivity index (χ0) is 16.0. The Morgan fingerprint density at radius 3 is 2.70 bits per heavy atom. The molecule has 1 aromatic carbocycles. The molecule has 23 heavy (non-hydrogen) atoms. The van der Waals surface area contributed by atoms with E-state index in [1.165, 1.54) is 6.07 Å². The molecule has 1 aromatic heterocycles. The SMILES string of the molecule is Cc1cc(F)c2c(C(=O)OCC34CCN(CC3)CC4)c[nH]c2c1. The van der Waals surface area contributed by atoms with Crippen LogP contribution in [0.5, 0.6) is 0 Å². The highest BCUT2D eigenvalue weighted by Gasteiger charge is 2.40. The first-order chi connectivity index (χ1) is 11.1. The standard InChI is InChI=1S/C18H21FN2O2/c1-12-8-14(19)16-13(10-20-15(16)9-12)17(22)23-11-18-2-5-21(6-3-18)7-4-18/h8-10,20H,2-7,11H2,1H3. The number of nitrogens with zero attached hydrogens (tertiary/aromatic N) is 1. The van der Waals surface area contributed by atoms with Gasteiger partial charge in [-0.2, -0.15) is 0 Å². The molecule has 2 bridgehead atoms. The van der Waals surface area contributed by atoms with Gasteiger partial charge in [0.05, 0.1) is 12.2 Å². The number of esters is 1. The summed E-state index contributed by atoms with van der Waals surface area (Å²) < 4.78 is 19.8. The Kier molecular flexibility index (Phi) is 3.41. The fourth-order valence-electron chi connectivity index (χ4n) is 3.92. The van der Waals surface area contributed by atoms with E-state index in [-0.39, 0.29) is 11.2 Å². The molecule has 3 fully saturated rings. The maximum atomic E-state index is 14.2. The van der Waals surface area contributed by atoms with E-state index in [1.54, 1.807) is 6.20 Å². The predicted molar refractivity (Wildman–Crippen MR) is 86.0 cm³/mol. The molecule has 3 aliphatic heterocycles. The van der Waals surface area contributed by atoms with E-state index in [9.17, 15) is 9.18 Å². The summed E-state index contributed by atoms with van der Waals surface area (Å²) in [4.78, 5) is 17.9. The molecule has 5 rings (SSSR count). The molecular formula is C18H21FN2O2. The number of aromatic amines is 1. The fraction of sp³-hybridized carbons (Fsp3) is 0.500. The molecule has 4 heterocycles. The lowest BCUT2D eigenvalue weighted by molar-refractivity contribution is -0.0304. The average molecular weight is 316 g/mol. The van der Waals surface area contributed by atoms with Crippen molar-refractivity contribution in [3.05, 3.63) is 35.3 Å². The molecule has 1 N–H and O–H groups in total. The van der Waals surface area contributed by atoms with Crippen LogP contribution in [0.15, 0.2) is 18.3 Å². The van der Waals surface area contributed by atoms with Crippen molar-refractivity contribution < 1.29 is 13.9 Å². The summed E-state index contributed by atoms with van der Waals surface area (Å²) in [6.07, 6.45) is 4.81. The van der Waals surface area contributed by atoms with Crippen LogP contribution in [0.2, 0.25) is 0 Å². The highest BCUT2D eigenvalue weighted by molar-refractivity contribution is 6.04. The van der Waals surface area contributed by atoms with Crippen molar-refractivity contribution in [3.8, 4) is 0 Å². The van der Waals surface area contributed by atoms with Crippen LogP contribution in [-0.2, 0) is 4.74 Å². The Morgan fingerprint density at radius 1 is 1.30 bits per heavy atom. The Hall–Kier alpha value is -1.88. The third-order valence-electron chi connectivity index (χ3n) is 5.48. The molecule has 5 heteroatoms. The summed E-state index contributed by atoms with van der Waals surface area (Å²) in [6.45, 7) is 5.56. The smallest absolute Gasteiger partial charge is 0.340 e. The van der Waals surface area contributed by atoms with Gasteiger partial charge in [-0.1, -0.05) is 0 Å². The van der Waals surface area contributed by atoms with E-state index < -0.39 is 5.97 Å². The molecule has 0 atom stereocenters. The van der Waals surface area contributed by atoms with Crippen molar-refractivity contribution in [2.24, 2.45) is 5.41 Å². The van der Waals surface area contributed by atoms with Crippen LogP contribution in [0.25, 0.3) is 10.9 Å². The van der Waals surface area contributed by atoms with Crippen LogP contribution in [0.3, 0.4) is 0 Å². The van der Waals surface area contributed by atoms with Crippen molar-refractivity contribution in [3.63, 3.8) is 0 Å². The van der Waals surface area contributed by atoms with Crippen molar-refractivity contribution >= 4 is 16.9 Å². The number of hydrogen-bond acceptors (Lipinski definition) is 3. The van der Waals surface area contributed by atoms with Gasteiger partial charge in [0.25, 0.3) is 0 Å². The summed E-state index contributed by atoms with van der Waals surface area (Å²) in [5.74, 6) is -0.807. The van der Waals surface area contributed by atoms with E-state index in [0.717, 1.165) is 44.5 Å². The summed E-state index contributed by atoms with van der Waals surface area (Å²) in [5, 5.41) is 0.330. The molecule has 122 valence electrons. The molecular weight excluding hydrogens is 295 g/mol. The molecule has 2 aromatic rings. The first-order valence-electron chi connectivity index (χ1n) is 8.23. The van der Waals surface area contributed by atoms with E-state index >= 15 is 0 Å². The molecule has 0 amide bonds. The summed E-state index contributed by atoms with van der Waals surface area (Å²) in [6, 6.07) is 3.28. The molecule has 0 radical (unpaired) electrons. The van der Waals surface area contributed by atoms with Crippen LogP contribution in [0.4, 0.5) is 4.39 Å². The van der Waals surface area contributed by atoms with Gasteiger partial charge in [0.1, 0.15) is 5.82 Å². The number of benzene rings is 1. The number of carbonyl (C=O) groups is 1. The molecule has 3 saturated heterocycles. The number of halogens is 1. The number of nitrogens with one attached hydrogen (secondary N) is 1. The Morgan fingerprint density at radius 2 is 2.00 bits per heavy atom. The first kappa shape index (κ1) is 14.7. The zero-order valence-corrected chi connectivity index (χ0v) is 13.3. The zero-order valence-electron chi connectivity index (χ0n) is 13.3. The number of carbonyl (C=O) groups excluding carboxylic acids is 1. The third-order valence-corrected chi connectivity index (χ3v) is 5.48. The summed E-state index contributed by atoms with van der Waals surface area (Å²) >= 11 is 0. The van der Waals surface area contributed by atoms with E-state index in [1.807, 2.05) is 13.0 Å². The molecule has 0 saturated carbocycles. The van der Waals surface area contributed by atoms with Gasteiger partial charge in [-0.05, 0) is 63.5 Å². The number of aryl methyl sites for hydroxylation is 1. The Labute approximate surface area is 134 Å². The van der Waals surface area contributed by atoms with Gasteiger partial charge >= 0.3 is 5.97 Å². The molecule has 0 unspecified atom stereocenters. The topological polar surface area (TPSA) is 45.3 Å². The number of hydrogen-bond donors (Lipinski definition) is 1. The lowest BCUT2D eigenvalue weighted by Crippen LogP contribution is -2.50. The molecule has 4 nitrogen and oxygen atoms in total. The van der Waals surface area contributed by atoms with Gasteiger partial charge in [-0.15, -0.1) is 0 Å². The van der Waals surface area contributed by atoms with Gasteiger partial charge < -0.3 is 14.6 Å². The van der Waals surface area contributed by atoms with Crippen molar-refractivity contribution in [1.82, 2.24) is 9.88 Å². The first-order valence-corrected chi connectivity index (χ1v) is 8.23.